The first-order valence-corrected chi connectivity index (χ1v) is 4.19. The molecule has 1 aromatic carbocycles. The van der Waals surface area contributed by atoms with Crippen molar-refractivity contribution >= 4 is 5.91 Å². The maximum absolute atomic E-state index is 10.8. The summed E-state index contributed by atoms with van der Waals surface area (Å²) in [6, 6.07) is 9.56. The zero-order chi connectivity index (χ0) is 9.68. The monoisotopic (exact) mass is 179 g/mol. The van der Waals surface area contributed by atoms with Gasteiger partial charge in [-0.2, -0.15) is 0 Å². The van der Waals surface area contributed by atoms with Crippen LogP contribution >= 0.6 is 0 Å². The number of hydrogen-bond donors (Lipinski definition) is 2. The van der Waals surface area contributed by atoms with Gasteiger partial charge in [0.2, 0.25) is 5.91 Å². The van der Waals surface area contributed by atoms with Crippen LogP contribution in [0.5, 0.6) is 0 Å². The minimum Gasteiger partial charge on any atom is -0.387 e. The highest BCUT2D eigenvalue weighted by Gasteiger charge is 2.06. The summed E-state index contributed by atoms with van der Waals surface area (Å²) in [5.74, 6) is -0.351. The minimum atomic E-state index is -0.461. The van der Waals surface area contributed by atoms with E-state index in [1.54, 1.807) is 0 Å². The molecule has 3 heteroatoms. The van der Waals surface area contributed by atoms with Crippen molar-refractivity contribution in [2.24, 2.45) is 0 Å². The van der Waals surface area contributed by atoms with Crippen LogP contribution < -0.4 is 5.32 Å². The lowest BCUT2D eigenvalue weighted by Crippen LogP contribution is -2.28. The number of rotatable bonds is 3. The van der Waals surface area contributed by atoms with Crippen molar-refractivity contribution in [3.63, 3.8) is 0 Å². The van der Waals surface area contributed by atoms with Crippen LogP contribution in [-0.4, -0.2) is 17.6 Å². The third-order valence-electron chi connectivity index (χ3n) is 1.82. The van der Waals surface area contributed by atoms with E-state index >= 15 is 0 Å². The van der Waals surface area contributed by atoms with Crippen LogP contribution in [-0.2, 0) is 4.79 Å². The van der Waals surface area contributed by atoms with Crippen molar-refractivity contribution in [2.75, 3.05) is 6.61 Å². The maximum atomic E-state index is 10.8. The van der Waals surface area contributed by atoms with Crippen molar-refractivity contribution in [2.45, 2.75) is 13.0 Å². The van der Waals surface area contributed by atoms with E-state index in [9.17, 15) is 4.79 Å². The van der Waals surface area contributed by atoms with Gasteiger partial charge in [-0.3, -0.25) is 4.79 Å². The van der Waals surface area contributed by atoms with Crippen LogP contribution in [0.4, 0.5) is 0 Å². The molecule has 0 aliphatic carbocycles. The molecule has 0 heterocycles. The summed E-state index contributed by atoms with van der Waals surface area (Å²) >= 11 is 0. The highest BCUT2D eigenvalue weighted by atomic mass is 16.3. The van der Waals surface area contributed by atoms with Gasteiger partial charge < -0.3 is 10.4 Å². The number of amides is 1. The molecule has 1 unspecified atom stereocenters. The third-order valence-corrected chi connectivity index (χ3v) is 1.82. The Morgan fingerprint density at radius 1 is 1.46 bits per heavy atom. The van der Waals surface area contributed by atoms with Crippen LogP contribution in [0.15, 0.2) is 30.3 Å². The molecule has 13 heavy (non-hydrogen) atoms. The molecule has 0 aliphatic heterocycles. The molecule has 0 bridgehead atoms. The van der Waals surface area contributed by atoms with Crippen molar-refractivity contribution in [3.8, 4) is 0 Å². The second-order valence-electron chi connectivity index (χ2n) is 2.86. The van der Waals surface area contributed by atoms with E-state index in [0.29, 0.717) is 0 Å². The van der Waals surface area contributed by atoms with E-state index in [4.69, 9.17) is 5.11 Å². The smallest absolute Gasteiger partial charge is 0.246 e. The fraction of sp³-hybridized carbons (Fsp3) is 0.300. The van der Waals surface area contributed by atoms with E-state index in [1.807, 2.05) is 37.3 Å². The summed E-state index contributed by atoms with van der Waals surface area (Å²) < 4.78 is 0. The van der Waals surface area contributed by atoms with Crippen molar-refractivity contribution < 1.29 is 9.90 Å². The predicted octanol–water partition coefficient (Wildman–Crippen LogP) is 0.856. The van der Waals surface area contributed by atoms with Gasteiger partial charge >= 0.3 is 0 Å². The molecule has 3 nitrogen and oxygen atoms in total. The summed E-state index contributed by atoms with van der Waals surface area (Å²) in [7, 11) is 0. The Kier molecular flexibility index (Phi) is 3.46. The fourth-order valence-electron chi connectivity index (χ4n) is 1.11. The average Bonchev–Trinajstić information content (AvgIpc) is 2.19. The summed E-state index contributed by atoms with van der Waals surface area (Å²) in [6.45, 7) is 1.42. The summed E-state index contributed by atoms with van der Waals surface area (Å²) in [5.41, 5.74) is 1.03. The first-order valence-electron chi connectivity index (χ1n) is 4.19. The number of aliphatic hydroxyl groups excluding tert-OH is 1. The fourth-order valence-corrected chi connectivity index (χ4v) is 1.11. The Morgan fingerprint density at radius 3 is 2.62 bits per heavy atom. The van der Waals surface area contributed by atoms with E-state index in [1.165, 1.54) is 0 Å². The van der Waals surface area contributed by atoms with Gasteiger partial charge in [-0.15, -0.1) is 0 Å². The van der Waals surface area contributed by atoms with Gasteiger partial charge in [-0.1, -0.05) is 30.3 Å². The molecule has 0 radical (unpaired) electrons. The molecule has 70 valence electrons. The highest BCUT2D eigenvalue weighted by Crippen LogP contribution is 2.10. The number of carbonyl (C=O) groups is 1. The van der Waals surface area contributed by atoms with Gasteiger partial charge in [-0.25, -0.2) is 0 Å². The topological polar surface area (TPSA) is 49.3 Å². The average molecular weight is 179 g/mol. The molecule has 1 amide bonds. The zero-order valence-electron chi connectivity index (χ0n) is 7.53. The molecule has 0 aromatic heterocycles. The SMILES string of the molecule is CC(NC(=O)CO)c1ccccc1. The lowest BCUT2D eigenvalue weighted by molar-refractivity contribution is -0.124. The second kappa shape index (κ2) is 4.62. The molecule has 0 saturated carbocycles. The Bertz CT molecular complexity index is 272. The molecular formula is C10H13NO2. The molecule has 1 rings (SSSR count). The van der Waals surface area contributed by atoms with Crippen LogP contribution in [0.25, 0.3) is 0 Å². The molecule has 1 atom stereocenters. The van der Waals surface area contributed by atoms with Gasteiger partial charge in [0.05, 0.1) is 6.04 Å². The minimum absolute atomic E-state index is 0.0548. The Balaban J connectivity index is 2.59. The van der Waals surface area contributed by atoms with Gasteiger partial charge in [0, 0.05) is 0 Å². The third kappa shape index (κ3) is 2.87. The van der Waals surface area contributed by atoms with Gasteiger partial charge in [0.15, 0.2) is 0 Å². The van der Waals surface area contributed by atoms with Crippen LogP contribution in [0, 0.1) is 0 Å². The highest BCUT2D eigenvalue weighted by molar-refractivity contribution is 5.77. The van der Waals surface area contributed by atoms with E-state index < -0.39 is 6.61 Å². The second-order valence-corrected chi connectivity index (χ2v) is 2.86. The predicted molar refractivity (Wildman–Crippen MR) is 50.1 cm³/mol. The molecule has 0 fully saturated rings. The Labute approximate surface area is 77.4 Å². The number of nitrogens with one attached hydrogen (secondary N) is 1. The lowest BCUT2D eigenvalue weighted by Gasteiger charge is -2.12. The largest absolute Gasteiger partial charge is 0.387 e. The molecule has 0 spiro atoms. The van der Waals surface area contributed by atoms with Gasteiger partial charge in [0.1, 0.15) is 6.61 Å². The van der Waals surface area contributed by atoms with Gasteiger partial charge in [0.25, 0.3) is 0 Å². The normalized spacial score (nSPS) is 12.2. The molecule has 2 N–H and O–H groups in total. The molecule has 1 aromatic rings. The number of carbonyl (C=O) groups excluding carboxylic acids is 1. The molecule has 0 aliphatic rings. The summed E-state index contributed by atoms with van der Waals surface area (Å²) in [4.78, 5) is 10.8. The van der Waals surface area contributed by atoms with Crippen molar-refractivity contribution in [1.29, 1.82) is 0 Å². The van der Waals surface area contributed by atoms with E-state index in [-0.39, 0.29) is 11.9 Å². The summed E-state index contributed by atoms with van der Waals surface area (Å²) in [5, 5.41) is 11.2. The van der Waals surface area contributed by atoms with Crippen LogP contribution in [0.2, 0.25) is 0 Å². The first-order chi connectivity index (χ1) is 6.24. The quantitative estimate of drug-likeness (QED) is 0.723. The molecule has 0 saturated heterocycles. The van der Waals surface area contributed by atoms with Crippen molar-refractivity contribution in [1.82, 2.24) is 5.32 Å². The van der Waals surface area contributed by atoms with Crippen molar-refractivity contribution in [3.05, 3.63) is 35.9 Å². The number of hydrogen-bond acceptors (Lipinski definition) is 2. The van der Waals surface area contributed by atoms with E-state index in [2.05, 4.69) is 5.32 Å². The van der Waals surface area contributed by atoms with Crippen LogP contribution in [0.1, 0.15) is 18.5 Å². The first kappa shape index (κ1) is 9.74. The van der Waals surface area contributed by atoms with Crippen LogP contribution in [0.3, 0.4) is 0 Å². The number of benzene rings is 1. The lowest BCUT2D eigenvalue weighted by atomic mass is 10.1. The standard InChI is InChI=1S/C10H13NO2/c1-8(11-10(13)7-12)9-5-3-2-4-6-9/h2-6,8,12H,7H2,1H3,(H,11,13). The zero-order valence-corrected chi connectivity index (χ0v) is 7.53. The maximum Gasteiger partial charge on any atom is 0.246 e. The Hall–Kier alpha value is -1.35. The van der Waals surface area contributed by atoms with E-state index in [0.717, 1.165) is 5.56 Å². The van der Waals surface area contributed by atoms with Gasteiger partial charge in [-0.05, 0) is 12.5 Å². The molecular weight excluding hydrogens is 166 g/mol. The number of aliphatic hydroxyl groups is 1. The summed E-state index contributed by atoms with van der Waals surface area (Å²) in [6.07, 6.45) is 0. The Morgan fingerprint density at radius 2 is 2.08 bits per heavy atom.